The van der Waals surface area contributed by atoms with Crippen LogP contribution in [0, 0.1) is 12.3 Å². The van der Waals surface area contributed by atoms with E-state index in [1.54, 1.807) is 6.92 Å². The Morgan fingerprint density at radius 1 is 1.38 bits per heavy atom. The summed E-state index contributed by atoms with van der Waals surface area (Å²) in [6, 6.07) is 7.42. The molecule has 4 nitrogen and oxygen atoms in total. The van der Waals surface area contributed by atoms with E-state index in [0.717, 1.165) is 15.6 Å². The first-order chi connectivity index (χ1) is 6.20. The van der Waals surface area contributed by atoms with Crippen molar-refractivity contribution in [3.8, 4) is 0 Å². The van der Waals surface area contributed by atoms with Crippen LogP contribution in [0.3, 0.4) is 0 Å². The number of nitrogens with one attached hydrogen (secondary N) is 1. The Bertz CT molecular complexity index is 516. The molecular weight excluding hydrogens is 166 g/mol. The molecule has 0 bridgehead atoms. The highest BCUT2D eigenvalue weighted by atomic mass is 16.5. The van der Waals surface area contributed by atoms with Crippen molar-refractivity contribution in [2.75, 3.05) is 0 Å². The van der Waals surface area contributed by atoms with Crippen molar-refractivity contribution in [3.05, 3.63) is 35.6 Å². The smallest absolute Gasteiger partial charge is 0.256 e. The lowest BCUT2D eigenvalue weighted by Gasteiger charge is -2.05. The zero-order chi connectivity index (χ0) is 9.42. The van der Waals surface area contributed by atoms with Gasteiger partial charge in [-0.1, -0.05) is 18.2 Å². The molecule has 0 aliphatic carbocycles. The molecular formula is C9H9N3O. The van der Waals surface area contributed by atoms with Crippen molar-refractivity contribution in [1.82, 2.24) is 9.71 Å². The minimum absolute atomic E-state index is 0.142. The van der Waals surface area contributed by atoms with Crippen molar-refractivity contribution in [2.24, 2.45) is 0 Å². The van der Waals surface area contributed by atoms with E-state index >= 15 is 0 Å². The number of nitrogens with zero attached hydrogens (tertiary/aromatic N) is 2. The second-order valence-electron chi connectivity index (χ2n) is 2.85. The van der Waals surface area contributed by atoms with Crippen LogP contribution >= 0.6 is 0 Å². The maximum absolute atomic E-state index is 9.37. The molecule has 0 spiro atoms. The summed E-state index contributed by atoms with van der Waals surface area (Å²) in [5.41, 5.74) is 1.22. The van der Waals surface area contributed by atoms with Crippen molar-refractivity contribution in [1.29, 1.82) is 5.41 Å². The van der Waals surface area contributed by atoms with E-state index in [4.69, 9.17) is 5.41 Å². The highest BCUT2D eigenvalue weighted by Crippen LogP contribution is 2.11. The van der Waals surface area contributed by atoms with Gasteiger partial charge in [0.2, 0.25) is 0 Å². The topological polar surface area (TPSA) is 61.9 Å². The van der Waals surface area contributed by atoms with Gasteiger partial charge in [0.1, 0.15) is 0 Å². The molecule has 2 rings (SSSR count). The zero-order valence-electron chi connectivity index (χ0n) is 7.15. The molecule has 2 aromatic rings. The standard InChI is InChI=1S/C9H9N3O/c1-6-7-4-2-3-5-8(7)11-9(10)12(6)13/h2-5,10,13H,1H3. The molecule has 1 aromatic heterocycles. The Hall–Kier alpha value is -1.84. The van der Waals surface area contributed by atoms with Crippen LogP contribution in [0.1, 0.15) is 5.69 Å². The fraction of sp³-hybridized carbons (Fsp3) is 0.111. The van der Waals surface area contributed by atoms with Crippen LogP contribution < -0.4 is 5.62 Å². The molecule has 0 radical (unpaired) electrons. The molecule has 0 fully saturated rings. The zero-order valence-corrected chi connectivity index (χ0v) is 7.15. The van der Waals surface area contributed by atoms with E-state index in [1.807, 2.05) is 24.3 Å². The summed E-state index contributed by atoms with van der Waals surface area (Å²) in [4.78, 5) is 3.92. The van der Waals surface area contributed by atoms with Crippen LogP contribution in [0.2, 0.25) is 0 Å². The van der Waals surface area contributed by atoms with E-state index in [2.05, 4.69) is 4.98 Å². The highest BCUT2D eigenvalue weighted by Gasteiger charge is 2.02. The van der Waals surface area contributed by atoms with Crippen LogP contribution in [0.15, 0.2) is 24.3 Å². The summed E-state index contributed by atoms with van der Waals surface area (Å²) in [6.45, 7) is 1.75. The third-order valence-corrected chi connectivity index (χ3v) is 2.04. The molecule has 13 heavy (non-hydrogen) atoms. The third-order valence-electron chi connectivity index (χ3n) is 2.04. The minimum Gasteiger partial charge on any atom is -0.425 e. The average molecular weight is 175 g/mol. The summed E-state index contributed by atoms with van der Waals surface area (Å²) >= 11 is 0. The molecule has 2 N–H and O–H groups in total. The van der Waals surface area contributed by atoms with Gasteiger partial charge >= 0.3 is 0 Å². The number of rotatable bonds is 0. The molecule has 0 unspecified atom stereocenters. The molecule has 0 aliphatic heterocycles. The second-order valence-corrected chi connectivity index (χ2v) is 2.85. The molecule has 1 aromatic carbocycles. The second kappa shape index (κ2) is 2.58. The molecule has 1 heterocycles. The van der Waals surface area contributed by atoms with Crippen molar-refractivity contribution >= 4 is 10.9 Å². The maximum atomic E-state index is 9.37. The van der Waals surface area contributed by atoms with Gasteiger partial charge in [0.05, 0.1) is 11.2 Å². The van der Waals surface area contributed by atoms with Crippen LogP contribution in [0.25, 0.3) is 10.9 Å². The molecule has 0 amide bonds. The summed E-state index contributed by atoms with van der Waals surface area (Å²) in [5, 5.41) is 17.6. The maximum Gasteiger partial charge on any atom is 0.256 e. The first kappa shape index (κ1) is 7.79. The average Bonchev–Trinajstić information content (AvgIpc) is 2.15. The largest absolute Gasteiger partial charge is 0.425 e. The summed E-state index contributed by atoms with van der Waals surface area (Å²) in [5.74, 6) is 0. The van der Waals surface area contributed by atoms with E-state index in [0.29, 0.717) is 5.69 Å². The molecule has 4 heteroatoms. The van der Waals surface area contributed by atoms with Crippen molar-refractivity contribution in [2.45, 2.75) is 6.92 Å². The third kappa shape index (κ3) is 1.07. The minimum atomic E-state index is -0.142. The summed E-state index contributed by atoms with van der Waals surface area (Å²) < 4.78 is 0.780. The van der Waals surface area contributed by atoms with E-state index < -0.39 is 0 Å². The van der Waals surface area contributed by atoms with Crippen molar-refractivity contribution < 1.29 is 5.21 Å². The number of hydrogen-bond donors (Lipinski definition) is 2. The molecule has 0 saturated carbocycles. The van der Waals surface area contributed by atoms with E-state index in [-0.39, 0.29) is 5.62 Å². The predicted molar refractivity (Wildman–Crippen MR) is 47.5 cm³/mol. The number of fused-ring (bicyclic) bond motifs is 1. The predicted octanol–water partition coefficient (Wildman–Crippen LogP) is 1.06. The van der Waals surface area contributed by atoms with Crippen molar-refractivity contribution in [3.63, 3.8) is 0 Å². The fourth-order valence-corrected chi connectivity index (χ4v) is 1.31. The number of benzene rings is 1. The van der Waals surface area contributed by atoms with E-state index in [1.165, 1.54) is 0 Å². The van der Waals surface area contributed by atoms with Gasteiger partial charge in [0.15, 0.2) is 0 Å². The summed E-state index contributed by atoms with van der Waals surface area (Å²) in [7, 11) is 0. The number of hydrogen-bond acceptors (Lipinski definition) is 3. The molecule has 0 aliphatic rings. The van der Waals surface area contributed by atoms with Gasteiger partial charge in [-0.2, -0.15) is 4.73 Å². The van der Waals surface area contributed by atoms with Crippen LogP contribution in [0.4, 0.5) is 0 Å². The molecule has 0 atom stereocenters. The first-order valence-electron chi connectivity index (χ1n) is 3.92. The Labute approximate surface area is 74.6 Å². The lowest BCUT2D eigenvalue weighted by molar-refractivity contribution is 0.160. The quantitative estimate of drug-likeness (QED) is 0.588. The van der Waals surface area contributed by atoms with Gasteiger partial charge in [-0.3, -0.25) is 5.41 Å². The lowest BCUT2D eigenvalue weighted by Crippen LogP contribution is -2.23. The monoisotopic (exact) mass is 175 g/mol. The number of para-hydroxylation sites is 1. The van der Waals surface area contributed by atoms with Gasteiger partial charge in [0, 0.05) is 5.39 Å². The van der Waals surface area contributed by atoms with Crippen LogP contribution in [-0.2, 0) is 0 Å². The number of aromatic nitrogens is 2. The molecule has 0 saturated heterocycles. The van der Waals surface area contributed by atoms with Crippen LogP contribution in [-0.4, -0.2) is 14.9 Å². The first-order valence-corrected chi connectivity index (χ1v) is 3.92. The highest BCUT2D eigenvalue weighted by molar-refractivity contribution is 5.80. The Kier molecular flexibility index (Phi) is 1.55. The van der Waals surface area contributed by atoms with Gasteiger partial charge in [-0.25, -0.2) is 4.98 Å². The molecule has 66 valence electrons. The van der Waals surface area contributed by atoms with Gasteiger partial charge < -0.3 is 5.21 Å². The SMILES string of the molecule is Cc1c2ccccc2nc(=N)n1O. The lowest BCUT2D eigenvalue weighted by atomic mass is 10.2. The Morgan fingerprint density at radius 2 is 2.08 bits per heavy atom. The van der Waals surface area contributed by atoms with Gasteiger partial charge in [-0.05, 0) is 13.0 Å². The van der Waals surface area contributed by atoms with E-state index in [9.17, 15) is 5.21 Å². The fourth-order valence-electron chi connectivity index (χ4n) is 1.31. The Balaban J connectivity index is 3.02. The number of aryl methyl sites for hydroxylation is 1. The normalized spacial score (nSPS) is 10.5. The summed E-state index contributed by atoms with van der Waals surface area (Å²) in [6.07, 6.45) is 0. The van der Waals surface area contributed by atoms with Crippen LogP contribution in [0.5, 0.6) is 0 Å². The van der Waals surface area contributed by atoms with Gasteiger partial charge in [-0.15, -0.1) is 0 Å². The Morgan fingerprint density at radius 3 is 2.85 bits per heavy atom. The van der Waals surface area contributed by atoms with Gasteiger partial charge in [0.25, 0.3) is 5.62 Å².